The first kappa shape index (κ1) is 7.76. The van der Waals surface area contributed by atoms with Crippen molar-refractivity contribution in [3.63, 3.8) is 0 Å². The maximum Gasteiger partial charge on any atom is 0.135 e. The van der Waals surface area contributed by atoms with Crippen LogP contribution in [0.25, 0.3) is 0 Å². The number of aromatic nitrogens is 2. The SMILES string of the molecule is CCn1cncc1C(N)C#N. The molecule has 0 saturated heterocycles. The summed E-state index contributed by atoms with van der Waals surface area (Å²) in [4.78, 5) is 3.89. The van der Waals surface area contributed by atoms with Crippen molar-refractivity contribution in [1.29, 1.82) is 5.26 Å². The first-order valence-corrected chi connectivity index (χ1v) is 3.44. The molecular weight excluding hydrogens is 140 g/mol. The van der Waals surface area contributed by atoms with Gasteiger partial charge in [0.05, 0.1) is 24.3 Å². The van der Waals surface area contributed by atoms with Gasteiger partial charge in [0.25, 0.3) is 0 Å². The van der Waals surface area contributed by atoms with E-state index in [-0.39, 0.29) is 0 Å². The summed E-state index contributed by atoms with van der Waals surface area (Å²) in [5.41, 5.74) is 6.27. The average molecular weight is 150 g/mol. The van der Waals surface area contributed by atoms with E-state index in [1.54, 1.807) is 12.5 Å². The number of nitriles is 1. The first-order valence-electron chi connectivity index (χ1n) is 3.44. The lowest BCUT2D eigenvalue weighted by Gasteiger charge is -2.04. The largest absolute Gasteiger partial charge is 0.333 e. The van der Waals surface area contributed by atoms with Gasteiger partial charge < -0.3 is 10.3 Å². The maximum absolute atomic E-state index is 8.51. The van der Waals surface area contributed by atoms with Gasteiger partial charge in [-0.1, -0.05) is 0 Å². The van der Waals surface area contributed by atoms with Crippen molar-refractivity contribution in [3.8, 4) is 6.07 Å². The normalized spacial score (nSPS) is 12.5. The van der Waals surface area contributed by atoms with Crippen LogP contribution in [0.4, 0.5) is 0 Å². The molecule has 4 heteroatoms. The highest BCUT2D eigenvalue weighted by Crippen LogP contribution is 2.07. The minimum Gasteiger partial charge on any atom is -0.333 e. The van der Waals surface area contributed by atoms with Gasteiger partial charge in [0.15, 0.2) is 0 Å². The Morgan fingerprint density at radius 2 is 2.64 bits per heavy atom. The third-order valence-electron chi connectivity index (χ3n) is 1.54. The van der Waals surface area contributed by atoms with Crippen LogP contribution in [0.3, 0.4) is 0 Å². The zero-order chi connectivity index (χ0) is 8.27. The molecule has 4 nitrogen and oxygen atoms in total. The van der Waals surface area contributed by atoms with E-state index in [1.165, 1.54) is 0 Å². The van der Waals surface area contributed by atoms with E-state index in [9.17, 15) is 0 Å². The summed E-state index contributed by atoms with van der Waals surface area (Å²) in [7, 11) is 0. The fourth-order valence-electron chi connectivity index (χ4n) is 0.920. The minimum absolute atomic E-state index is 0.558. The minimum atomic E-state index is -0.558. The van der Waals surface area contributed by atoms with Crippen LogP contribution < -0.4 is 5.73 Å². The number of aryl methyl sites for hydroxylation is 1. The van der Waals surface area contributed by atoms with E-state index in [2.05, 4.69) is 4.98 Å². The van der Waals surface area contributed by atoms with Crippen molar-refractivity contribution in [1.82, 2.24) is 9.55 Å². The van der Waals surface area contributed by atoms with Gasteiger partial charge in [-0.25, -0.2) is 4.98 Å². The van der Waals surface area contributed by atoms with Crippen molar-refractivity contribution in [2.24, 2.45) is 5.73 Å². The first-order chi connectivity index (χ1) is 5.29. The van der Waals surface area contributed by atoms with Crippen molar-refractivity contribution >= 4 is 0 Å². The Morgan fingerprint density at radius 3 is 3.18 bits per heavy atom. The van der Waals surface area contributed by atoms with Crippen molar-refractivity contribution in [3.05, 3.63) is 18.2 Å². The Hall–Kier alpha value is -1.34. The molecule has 0 saturated carbocycles. The summed E-state index contributed by atoms with van der Waals surface area (Å²) < 4.78 is 1.86. The van der Waals surface area contributed by atoms with Gasteiger partial charge in [0, 0.05) is 6.54 Å². The second-order valence-corrected chi connectivity index (χ2v) is 2.21. The Labute approximate surface area is 65.3 Å². The molecule has 11 heavy (non-hydrogen) atoms. The van der Waals surface area contributed by atoms with Crippen LogP contribution in [0.1, 0.15) is 18.7 Å². The molecule has 1 aromatic heterocycles. The highest BCUT2D eigenvalue weighted by molar-refractivity contribution is 5.12. The molecular formula is C7H10N4. The number of hydrogen-bond acceptors (Lipinski definition) is 3. The second kappa shape index (κ2) is 3.17. The van der Waals surface area contributed by atoms with Gasteiger partial charge in [-0.3, -0.25) is 0 Å². The molecule has 1 heterocycles. The maximum atomic E-state index is 8.51. The Morgan fingerprint density at radius 1 is 1.91 bits per heavy atom. The lowest BCUT2D eigenvalue weighted by atomic mass is 10.2. The van der Waals surface area contributed by atoms with Gasteiger partial charge in [0.1, 0.15) is 6.04 Å². The monoisotopic (exact) mass is 150 g/mol. The van der Waals surface area contributed by atoms with Gasteiger partial charge >= 0.3 is 0 Å². The summed E-state index contributed by atoms with van der Waals surface area (Å²) in [5, 5.41) is 8.51. The summed E-state index contributed by atoms with van der Waals surface area (Å²) in [6.45, 7) is 2.78. The molecule has 1 aromatic rings. The standard InChI is InChI=1S/C7H10N4/c1-2-11-5-10-4-7(11)6(9)3-8/h4-6H,2,9H2,1H3. The second-order valence-electron chi connectivity index (χ2n) is 2.21. The molecule has 1 unspecified atom stereocenters. The number of nitrogens with zero attached hydrogens (tertiary/aromatic N) is 3. The van der Waals surface area contributed by atoms with E-state index in [0.29, 0.717) is 0 Å². The molecule has 0 bridgehead atoms. The number of nitrogens with two attached hydrogens (primary N) is 1. The van der Waals surface area contributed by atoms with Gasteiger partial charge in [-0.2, -0.15) is 5.26 Å². The summed E-state index contributed by atoms with van der Waals surface area (Å²) >= 11 is 0. The van der Waals surface area contributed by atoms with Gasteiger partial charge in [-0.05, 0) is 6.92 Å². The summed E-state index contributed by atoms with van der Waals surface area (Å²) in [6, 6.07) is 1.40. The number of rotatable bonds is 2. The van der Waals surface area contributed by atoms with E-state index < -0.39 is 6.04 Å². The lowest BCUT2D eigenvalue weighted by Crippen LogP contribution is -2.12. The summed E-state index contributed by atoms with van der Waals surface area (Å²) in [5.74, 6) is 0. The Kier molecular flexibility index (Phi) is 2.24. The predicted molar refractivity (Wildman–Crippen MR) is 40.4 cm³/mol. The zero-order valence-electron chi connectivity index (χ0n) is 6.36. The molecule has 0 amide bonds. The van der Waals surface area contributed by atoms with Crippen LogP contribution in [-0.4, -0.2) is 9.55 Å². The molecule has 1 rings (SSSR count). The summed E-state index contributed by atoms with van der Waals surface area (Å²) in [6.07, 6.45) is 3.30. The third kappa shape index (κ3) is 1.38. The van der Waals surface area contributed by atoms with Crippen molar-refractivity contribution < 1.29 is 0 Å². The molecule has 2 N–H and O–H groups in total. The Bertz CT molecular complexity index is 270. The van der Waals surface area contributed by atoms with E-state index in [0.717, 1.165) is 12.2 Å². The van der Waals surface area contributed by atoms with Crippen LogP contribution in [0.2, 0.25) is 0 Å². The molecule has 0 fully saturated rings. The fraction of sp³-hybridized carbons (Fsp3) is 0.429. The van der Waals surface area contributed by atoms with Crippen LogP contribution in [0, 0.1) is 11.3 Å². The van der Waals surface area contributed by atoms with Crippen LogP contribution in [0.15, 0.2) is 12.5 Å². The highest BCUT2D eigenvalue weighted by atomic mass is 15.1. The smallest absolute Gasteiger partial charge is 0.135 e. The fourth-order valence-corrected chi connectivity index (χ4v) is 0.920. The molecule has 0 aromatic carbocycles. The van der Waals surface area contributed by atoms with Crippen molar-refractivity contribution in [2.45, 2.75) is 19.5 Å². The predicted octanol–water partition coefficient (Wildman–Crippen LogP) is 0.426. The molecule has 0 spiro atoms. The van der Waals surface area contributed by atoms with Crippen LogP contribution in [0.5, 0.6) is 0 Å². The number of hydrogen-bond donors (Lipinski definition) is 1. The molecule has 0 aliphatic heterocycles. The van der Waals surface area contributed by atoms with Crippen LogP contribution >= 0.6 is 0 Å². The number of imidazole rings is 1. The Balaban J connectivity index is 2.94. The molecule has 0 radical (unpaired) electrons. The van der Waals surface area contributed by atoms with Crippen LogP contribution in [-0.2, 0) is 6.54 Å². The van der Waals surface area contributed by atoms with E-state index >= 15 is 0 Å². The topological polar surface area (TPSA) is 67.6 Å². The molecule has 58 valence electrons. The van der Waals surface area contributed by atoms with E-state index in [1.807, 2.05) is 17.6 Å². The lowest BCUT2D eigenvalue weighted by molar-refractivity contribution is 0.688. The van der Waals surface area contributed by atoms with Crippen molar-refractivity contribution in [2.75, 3.05) is 0 Å². The average Bonchev–Trinajstić information content (AvgIpc) is 2.50. The quantitative estimate of drug-likeness (QED) is 0.664. The van der Waals surface area contributed by atoms with Gasteiger partial charge in [0.2, 0.25) is 0 Å². The van der Waals surface area contributed by atoms with Gasteiger partial charge in [-0.15, -0.1) is 0 Å². The molecule has 1 atom stereocenters. The molecule has 0 aliphatic rings. The third-order valence-corrected chi connectivity index (χ3v) is 1.54. The highest BCUT2D eigenvalue weighted by Gasteiger charge is 2.08. The zero-order valence-corrected chi connectivity index (χ0v) is 6.36. The van der Waals surface area contributed by atoms with E-state index in [4.69, 9.17) is 11.0 Å². The molecule has 0 aliphatic carbocycles.